The number of nitrogens with zero attached hydrogens (tertiary/aromatic N) is 1. The number of hydrogen-bond donors (Lipinski definition) is 0. The van der Waals surface area contributed by atoms with Crippen molar-refractivity contribution in [2.75, 3.05) is 20.3 Å². The van der Waals surface area contributed by atoms with Crippen molar-refractivity contribution in [2.24, 2.45) is 0 Å². The number of rotatable bonds is 5. The van der Waals surface area contributed by atoms with E-state index in [9.17, 15) is 4.79 Å². The van der Waals surface area contributed by atoms with E-state index in [1.54, 1.807) is 7.11 Å². The minimum absolute atomic E-state index is 0.546. The average Bonchev–Trinajstić information content (AvgIpc) is 1.91. The zero-order valence-electron chi connectivity index (χ0n) is 5.54. The van der Waals surface area contributed by atoms with Crippen molar-refractivity contribution in [2.45, 2.75) is 0 Å². The van der Waals surface area contributed by atoms with E-state index in [0.717, 1.165) is 0 Å². The second-order valence-corrected chi connectivity index (χ2v) is 1.52. The highest BCUT2D eigenvalue weighted by molar-refractivity contribution is 5.48. The average molecular weight is 129 g/mol. The van der Waals surface area contributed by atoms with E-state index >= 15 is 0 Å². The first-order chi connectivity index (χ1) is 4.35. The number of hydrogen-bond acceptors (Lipinski definition) is 2. The van der Waals surface area contributed by atoms with Gasteiger partial charge in [-0.15, -0.1) is 0 Å². The van der Waals surface area contributed by atoms with Gasteiger partial charge in [-0.05, 0) is 6.20 Å². The Morgan fingerprint density at radius 1 is 1.78 bits per heavy atom. The summed E-state index contributed by atoms with van der Waals surface area (Å²) in [6.45, 7) is 4.54. The van der Waals surface area contributed by atoms with Crippen molar-refractivity contribution in [3.8, 4) is 0 Å². The topological polar surface area (TPSA) is 29.5 Å². The van der Waals surface area contributed by atoms with Crippen LogP contribution in [0.25, 0.3) is 0 Å². The Hall–Kier alpha value is -0.830. The number of methoxy groups -OCH3 is 1. The van der Waals surface area contributed by atoms with Crippen molar-refractivity contribution < 1.29 is 9.53 Å². The first kappa shape index (κ1) is 8.17. The van der Waals surface area contributed by atoms with Gasteiger partial charge in [-0.2, -0.15) is 0 Å². The molecule has 3 nitrogen and oxygen atoms in total. The van der Waals surface area contributed by atoms with Crippen LogP contribution in [0.2, 0.25) is 0 Å². The standard InChI is InChI=1S/C6H11NO2/c1-3-7(6-8)4-5-9-2/h3,6H,1,4-5H2,2H3. The molecule has 0 saturated heterocycles. The molecule has 0 unspecified atom stereocenters. The summed E-state index contributed by atoms with van der Waals surface area (Å²) < 4.78 is 4.73. The lowest BCUT2D eigenvalue weighted by molar-refractivity contribution is -0.116. The van der Waals surface area contributed by atoms with Gasteiger partial charge in [0.25, 0.3) is 0 Å². The summed E-state index contributed by atoms with van der Waals surface area (Å²) in [7, 11) is 1.59. The van der Waals surface area contributed by atoms with Crippen molar-refractivity contribution in [1.29, 1.82) is 0 Å². The summed E-state index contributed by atoms with van der Waals surface area (Å²) in [5.41, 5.74) is 0. The summed E-state index contributed by atoms with van der Waals surface area (Å²) in [4.78, 5) is 11.5. The van der Waals surface area contributed by atoms with E-state index in [-0.39, 0.29) is 0 Å². The van der Waals surface area contributed by atoms with Gasteiger partial charge in [0.1, 0.15) is 0 Å². The molecular weight excluding hydrogens is 118 g/mol. The molecule has 0 rings (SSSR count). The third kappa shape index (κ3) is 3.73. The predicted octanol–water partition coefficient (Wildman–Crippen LogP) is 0.235. The van der Waals surface area contributed by atoms with E-state index in [0.29, 0.717) is 19.6 Å². The Labute approximate surface area is 54.9 Å². The number of amides is 1. The SMILES string of the molecule is C=CN(C=O)CCOC. The van der Waals surface area contributed by atoms with Crippen molar-refractivity contribution in [3.63, 3.8) is 0 Å². The van der Waals surface area contributed by atoms with Gasteiger partial charge in [0.15, 0.2) is 0 Å². The molecule has 0 aromatic rings. The molecule has 0 aliphatic rings. The van der Waals surface area contributed by atoms with Crippen LogP contribution in [0.3, 0.4) is 0 Å². The molecule has 0 spiro atoms. The fraction of sp³-hybridized carbons (Fsp3) is 0.500. The molecule has 9 heavy (non-hydrogen) atoms. The van der Waals surface area contributed by atoms with E-state index in [2.05, 4.69) is 6.58 Å². The smallest absolute Gasteiger partial charge is 0.213 e. The highest BCUT2D eigenvalue weighted by Gasteiger charge is 1.91. The second kappa shape index (κ2) is 5.31. The predicted molar refractivity (Wildman–Crippen MR) is 34.8 cm³/mol. The second-order valence-electron chi connectivity index (χ2n) is 1.52. The Bertz CT molecular complexity index is 85.1. The van der Waals surface area contributed by atoms with Crippen LogP contribution >= 0.6 is 0 Å². The highest BCUT2D eigenvalue weighted by atomic mass is 16.5. The van der Waals surface area contributed by atoms with Crippen LogP contribution in [0.15, 0.2) is 12.8 Å². The third-order valence-electron chi connectivity index (χ3n) is 0.924. The third-order valence-corrected chi connectivity index (χ3v) is 0.924. The van der Waals surface area contributed by atoms with Gasteiger partial charge < -0.3 is 9.64 Å². The van der Waals surface area contributed by atoms with Gasteiger partial charge >= 0.3 is 0 Å². The highest BCUT2D eigenvalue weighted by Crippen LogP contribution is 1.80. The van der Waals surface area contributed by atoms with Crippen LogP contribution in [0.1, 0.15) is 0 Å². The minimum atomic E-state index is 0.546. The molecule has 52 valence electrons. The van der Waals surface area contributed by atoms with Gasteiger partial charge in [0.2, 0.25) is 6.41 Å². The van der Waals surface area contributed by atoms with E-state index < -0.39 is 0 Å². The van der Waals surface area contributed by atoms with Gasteiger partial charge in [0, 0.05) is 13.7 Å². The zero-order valence-corrected chi connectivity index (χ0v) is 5.54. The summed E-state index contributed by atoms with van der Waals surface area (Å²) in [5.74, 6) is 0. The summed E-state index contributed by atoms with van der Waals surface area (Å²) in [6.07, 6.45) is 2.18. The van der Waals surface area contributed by atoms with Gasteiger partial charge in [-0.25, -0.2) is 0 Å². The molecule has 1 amide bonds. The molecule has 0 aliphatic carbocycles. The summed E-state index contributed by atoms with van der Waals surface area (Å²) in [6, 6.07) is 0. The molecule has 0 aromatic heterocycles. The lowest BCUT2D eigenvalue weighted by Gasteiger charge is -2.08. The van der Waals surface area contributed by atoms with Crippen molar-refractivity contribution in [1.82, 2.24) is 4.90 Å². The lowest BCUT2D eigenvalue weighted by atomic mass is 10.6. The number of carbonyl (C=O) groups is 1. The van der Waals surface area contributed by atoms with Gasteiger partial charge in [-0.1, -0.05) is 6.58 Å². The Morgan fingerprint density at radius 3 is 2.78 bits per heavy atom. The Balaban J connectivity index is 3.30. The summed E-state index contributed by atoms with van der Waals surface area (Å²) >= 11 is 0. The van der Waals surface area contributed by atoms with Crippen LogP contribution < -0.4 is 0 Å². The number of ether oxygens (including phenoxy) is 1. The number of carbonyl (C=O) groups excluding carboxylic acids is 1. The molecule has 3 heteroatoms. The fourth-order valence-electron chi connectivity index (χ4n) is 0.384. The van der Waals surface area contributed by atoms with Gasteiger partial charge in [-0.3, -0.25) is 4.79 Å². The maximum Gasteiger partial charge on any atom is 0.213 e. The van der Waals surface area contributed by atoms with Crippen LogP contribution in [-0.4, -0.2) is 31.6 Å². The maximum absolute atomic E-state index is 10.0. The van der Waals surface area contributed by atoms with Crippen LogP contribution in [0.4, 0.5) is 0 Å². The monoisotopic (exact) mass is 129 g/mol. The molecule has 0 heterocycles. The van der Waals surface area contributed by atoms with E-state index in [1.165, 1.54) is 11.1 Å². The lowest BCUT2D eigenvalue weighted by Crippen LogP contribution is -2.19. The van der Waals surface area contributed by atoms with Crippen molar-refractivity contribution >= 4 is 6.41 Å². The molecule has 0 radical (unpaired) electrons. The molecule has 0 aromatic carbocycles. The molecule has 0 N–H and O–H groups in total. The van der Waals surface area contributed by atoms with Gasteiger partial charge in [0.05, 0.1) is 6.61 Å². The van der Waals surface area contributed by atoms with Crippen molar-refractivity contribution in [3.05, 3.63) is 12.8 Å². The van der Waals surface area contributed by atoms with Crippen LogP contribution in [0, 0.1) is 0 Å². The molecule has 0 atom stereocenters. The normalized spacial score (nSPS) is 8.56. The van der Waals surface area contributed by atoms with E-state index in [4.69, 9.17) is 4.74 Å². The summed E-state index contributed by atoms with van der Waals surface area (Å²) in [5, 5.41) is 0. The molecule has 0 fully saturated rings. The molecule has 0 aliphatic heterocycles. The van der Waals surface area contributed by atoms with E-state index in [1.807, 2.05) is 0 Å². The van der Waals surface area contributed by atoms with Crippen LogP contribution in [0.5, 0.6) is 0 Å². The fourth-order valence-corrected chi connectivity index (χ4v) is 0.384. The Kier molecular flexibility index (Phi) is 4.82. The van der Waals surface area contributed by atoms with Crippen LogP contribution in [-0.2, 0) is 9.53 Å². The maximum atomic E-state index is 10.0. The first-order valence-electron chi connectivity index (χ1n) is 2.67. The molecular formula is C6H11NO2. The molecule has 0 saturated carbocycles. The molecule has 0 bridgehead atoms. The first-order valence-corrected chi connectivity index (χ1v) is 2.67. The largest absolute Gasteiger partial charge is 0.383 e. The quantitative estimate of drug-likeness (QED) is 0.497. The Morgan fingerprint density at radius 2 is 2.44 bits per heavy atom. The minimum Gasteiger partial charge on any atom is -0.383 e. The zero-order chi connectivity index (χ0) is 7.11.